The monoisotopic (exact) mass is 479 g/mol. The molecule has 0 aromatic carbocycles. The molecule has 2 N–H and O–H groups in total. The van der Waals surface area contributed by atoms with Gasteiger partial charge in [0.15, 0.2) is 0 Å². The number of carbonyl (C=O) groups is 1. The van der Waals surface area contributed by atoms with E-state index in [-0.39, 0.29) is 23.8 Å². The van der Waals surface area contributed by atoms with Gasteiger partial charge in [0.05, 0.1) is 36.0 Å². The van der Waals surface area contributed by atoms with Gasteiger partial charge in [-0.05, 0) is 50.7 Å². The highest BCUT2D eigenvalue weighted by atomic mass is 32.1. The van der Waals surface area contributed by atoms with Crippen LogP contribution in [-0.4, -0.2) is 51.7 Å². The van der Waals surface area contributed by atoms with Crippen LogP contribution in [-0.2, 0) is 11.2 Å². The molecule has 1 saturated carbocycles. The van der Waals surface area contributed by atoms with Crippen LogP contribution in [0.15, 0.2) is 30.7 Å². The molecule has 2 aliphatic rings. The molecule has 4 atom stereocenters. The number of anilines is 1. The summed E-state index contributed by atoms with van der Waals surface area (Å²) < 4.78 is 11.4. The Morgan fingerprint density at radius 2 is 2.21 bits per heavy atom. The van der Waals surface area contributed by atoms with Crippen molar-refractivity contribution < 1.29 is 19.4 Å². The lowest BCUT2D eigenvalue weighted by Crippen LogP contribution is -2.20. The van der Waals surface area contributed by atoms with Gasteiger partial charge in [0.1, 0.15) is 18.2 Å². The van der Waals surface area contributed by atoms with Crippen LogP contribution >= 0.6 is 11.3 Å². The number of rotatable bonds is 6. The van der Waals surface area contributed by atoms with Gasteiger partial charge in [0, 0.05) is 28.7 Å². The van der Waals surface area contributed by atoms with Gasteiger partial charge in [-0.15, -0.1) is 11.3 Å². The number of nitrogens with one attached hydrogen (secondary N) is 1. The molecule has 34 heavy (non-hydrogen) atoms. The van der Waals surface area contributed by atoms with E-state index in [1.54, 1.807) is 7.11 Å². The number of aliphatic hydroxyl groups is 1. The zero-order chi connectivity index (χ0) is 23.8. The Balaban J connectivity index is 1.43. The summed E-state index contributed by atoms with van der Waals surface area (Å²) in [5.74, 6) is 0.829. The van der Waals surface area contributed by atoms with Gasteiger partial charge >= 0.3 is 0 Å². The number of ketones is 1. The third-order valence-electron chi connectivity index (χ3n) is 6.52. The number of nitrogens with zero attached hydrogens (tertiary/aromatic N) is 3. The predicted molar refractivity (Wildman–Crippen MR) is 128 cm³/mol. The maximum absolute atomic E-state index is 13.5. The Morgan fingerprint density at radius 3 is 2.97 bits per heavy atom. The Morgan fingerprint density at radius 1 is 1.35 bits per heavy atom. The maximum Gasteiger partial charge on any atom is 0.213 e. The molecular formula is C25H27N4O4S. The van der Waals surface area contributed by atoms with Crippen LogP contribution < -0.4 is 10.1 Å². The lowest BCUT2D eigenvalue weighted by atomic mass is 9.97. The summed E-state index contributed by atoms with van der Waals surface area (Å²) in [5, 5.41) is 13.4. The number of hydrogen-bond acceptors (Lipinski definition) is 9. The molecule has 3 aromatic heterocycles. The summed E-state index contributed by atoms with van der Waals surface area (Å²) in [6.45, 7) is 6.56. The fraction of sp³-hybridized carbons (Fsp3) is 0.400. The van der Waals surface area contributed by atoms with Crippen molar-refractivity contribution in [2.24, 2.45) is 5.92 Å². The van der Waals surface area contributed by atoms with Crippen LogP contribution in [0.5, 0.6) is 5.88 Å². The van der Waals surface area contributed by atoms with E-state index in [0.29, 0.717) is 35.2 Å². The van der Waals surface area contributed by atoms with Crippen LogP contribution in [0.3, 0.4) is 0 Å². The SMILES string of the molecule is [CH2][C@@H]1C[C@@H](Nc2ncncc2C(=O)c2cc([C@@H]3OCCc4ccc(OC)nc43)c(C)s2)C[C@@H]1O. The third kappa shape index (κ3) is 4.31. The number of hydrogen-bond donors (Lipinski definition) is 2. The summed E-state index contributed by atoms with van der Waals surface area (Å²) >= 11 is 1.43. The van der Waals surface area contributed by atoms with E-state index in [4.69, 9.17) is 9.47 Å². The van der Waals surface area contributed by atoms with Gasteiger partial charge in [-0.25, -0.2) is 15.0 Å². The Bertz CT molecular complexity index is 1200. The van der Waals surface area contributed by atoms with E-state index in [9.17, 15) is 9.90 Å². The van der Waals surface area contributed by atoms with Crippen molar-refractivity contribution in [1.82, 2.24) is 15.0 Å². The van der Waals surface area contributed by atoms with Gasteiger partial charge < -0.3 is 19.9 Å². The standard InChI is InChI=1S/C25H27N4O4S/c1-13-8-16(9-19(13)30)28-25-18(11-26-12-27-25)23(31)20-10-17(14(2)34-20)24-22-15(6-7-33-24)4-5-21(29-22)32-3/h4-5,10-13,16,19,24,30H,1,6-9H2,2-3H3,(H,26,27,28)/t13-,16-,19+,24+/m1/s1. The molecule has 9 heteroatoms. The Labute approximate surface area is 202 Å². The second kappa shape index (κ2) is 9.40. The second-order valence-corrected chi connectivity index (χ2v) is 10.0. The zero-order valence-corrected chi connectivity index (χ0v) is 20.0. The van der Waals surface area contributed by atoms with Crippen LogP contribution in [0.2, 0.25) is 0 Å². The van der Waals surface area contributed by atoms with E-state index < -0.39 is 6.10 Å². The number of methoxy groups -OCH3 is 1. The molecular weight excluding hydrogens is 452 g/mol. The molecule has 0 bridgehead atoms. The highest BCUT2D eigenvalue weighted by Crippen LogP contribution is 2.38. The van der Waals surface area contributed by atoms with Crippen molar-refractivity contribution in [3.8, 4) is 5.88 Å². The summed E-state index contributed by atoms with van der Waals surface area (Å²) in [4.78, 5) is 28.1. The minimum atomic E-state index is -0.452. The van der Waals surface area contributed by atoms with Crippen LogP contribution in [0, 0.1) is 19.8 Å². The largest absolute Gasteiger partial charge is 0.481 e. The van der Waals surface area contributed by atoms with Gasteiger partial charge in [-0.2, -0.15) is 0 Å². The molecule has 0 saturated heterocycles. The average molecular weight is 480 g/mol. The van der Waals surface area contributed by atoms with E-state index in [0.717, 1.165) is 34.5 Å². The molecule has 4 heterocycles. The molecule has 1 fully saturated rings. The summed E-state index contributed by atoms with van der Waals surface area (Å²) in [5.41, 5.74) is 3.29. The second-order valence-electron chi connectivity index (χ2n) is 8.78. The van der Waals surface area contributed by atoms with Crippen molar-refractivity contribution in [3.63, 3.8) is 0 Å². The first kappa shape index (κ1) is 22.9. The number of pyridine rings is 1. The first-order chi connectivity index (χ1) is 16.4. The molecule has 1 aliphatic heterocycles. The Kier molecular flexibility index (Phi) is 6.33. The van der Waals surface area contributed by atoms with Crippen molar-refractivity contribution in [2.75, 3.05) is 19.0 Å². The van der Waals surface area contributed by atoms with Crippen molar-refractivity contribution in [3.05, 3.63) is 69.8 Å². The molecule has 5 rings (SSSR count). The van der Waals surface area contributed by atoms with Gasteiger partial charge in [0.2, 0.25) is 11.7 Å². The zero-order valence-electron chi connectivity index (χ0n) is 19.2. The first-order valence-corrected chi connectivity index (χ1v) is 12.1. The summed E-state index contributed by atoms with van der Waals surface area (Å²) in [6, 6.07) is 5.79. The fourth-order valence-corrected chi connectivity index (χ4v) is 5.67. The third-order valence-corrected chi connectivity index (χ3v) is 7.58. The van der Waals surface area contributed by atoms with Gasteiger partial charge in [-0.3, -0.25) is 4.79 Å². The molecule has 0 spiro atoms. The molecule has 3 aromatic rings. The summed E-state index contributed by atoms with van der Waals surface area (Å²) in [6.07, 6.45) is 4.24. The number of aryl methyl sites for hydroxylation is 1. The topological polar surface area (TPSA) is 106 Å². The number of carbonyl (C=O) groups excluding carboxylic acids is 1. The number of fused-ring (bicyclic) bond motifs is 1. The van der Waals surface area contributed by atoms with Gasteiger partial charge in [-0.1, -0.05) is 6.07 Å². The van der Waals surface area contributed by atoms with E-state index in [2.05, 4.69) is 27.2 Å². The molecule has 0 amide bonds. The Hall–Kier alpha value is -2.88. The van der Waals surface area contributed by atoms with E-state index in [1.165, 1.54) is 23.9 Å². The van der Waals surface area contributed by atoms with Crippen LogP contribution in [0.4, 0.5) is 5.82 Å². The predicted octanol–water partition coefficient (Wildman–Crippen LogP) is 3.53. The normalized spacial score (nSPS) is 24.0. The molecule has 8 nitrogen and oxygen atoms in total. The van der Waals surface area contributed by atoms with Crippen molar-refractivity contribution >= 4 is 22.9 Å². The molecule has 0 unspecified atom stereocenters. The molecule has 1 radical (unpaired) electrons. The quantitative estimate of drug-likeness (QED) is 0.517. The lowest BCUT2D eigenvalue weighted by Gasteiger charge is -2.25. The van der Waals surface area contributed by atoms with Crippen LogP contribution in [0.25, 0.3) is 0 Å². The number of aromatic nitrogens is 3. The molecule has 177 valence electrons. The number of ether oxygens (including phenoxy) is 2. The van der Waals surface area contributed by atoms with Crippen molar-refractivity contribution in [1.29, 1.82) is 0 Å². The van der Waals surface area contributed by atoms with E-state index >= 15 is 0 Å². The fourth-order valence-electron chi connectivity index (χ4n) is 4.67. The minimum Gasteiger partial charge on any atom is -0.481 e. The summed E-state index contributed by atoms with van der Waals surface area (Å²) in [7, 11) is 1.59. The lowest BCUT2D eigenvalue weighted by molar-refractivity contribution is 0.0658. The maximum atomic E-state index is 13.5. The number of thiophene rings is 1. The van der Waals surface area contributed by atoms with E-state index in [1.807, 2.05) is 25.1 Å². The van der Waals surface area contributed by atoms with Crippen LogP contribution in [0.1, 0.15) is 55.9 Å². The first-order valence-electron chi connectivity index (χ1n) is 11.3. The van der Waals surface area contributed by atoms with Gasteiger partial charge in [0.25, 0.3) is 0 Å². The highest BCUT2D eigenvalue weighted by molar-refractivity contribution is 7.14. The smallest absolute Gasteiger partial charge is 0.213 e. The highest BCUT2D eigenvalue weighted by Gasteiger charge is 2.32. The molecule has 1 aliphatic carbocycles. The van der Waals surface area contributed by atoms with Crippen molar-refractivity contribution in [2.45, 2.75) is 44.4 Å². The minimum absolute atomic E-state index is 0.00720. The average Bonchev–Trinajstić information content (AvgIpc) is 3.39. The number of aliphatic hydroxyl groups excluding tert-OH is 1.